The third kappa shape index (κ3) is 2.41. The molecule has 0 aromatic carbocycles. The molecule has 1 saturated heterocycles. The van der Waals surface area contributed by atoms with Crippen molar-refractivity contribution in [2.45, 2.75) is 38.9 Å². The zero-order chi connectivity index (χ0) is 14.4. The zero-order valence-electron chi connectivity index (χ0n) is 11.2. The molecule has 0 bridgehead atoms. The number of pyridine rings is 1. The summed E-state index contributed by atoms with van der Waals surface area (Å²) in [5.74, 6) is -0.378. The van der Waals surface area contributed by atoms with Crippen LogP contribution in [0.4, 0.5) is 5.82 Å². The van der Waals surface area contributed by atoms with Crippen molar-refractivity contribution in [2.75, 3.05) is 0 Å². The van der Waals surface area contributed by atoms with E-state index >= 15 is 0 Å². The van der Waals surface area contributed by atoms with Crippen molar-refractivity contribution in [3.63, 3.8) is 0 Å². The van der Waals surface area contributed by atoms with Crippen LogP contribution in [0.3, 0.4) is 0 Å². The van der Waals surface area contributed by atoms with Crippen molar-refractivity contribution in [1.29, 1.82) is 0 Å². The highest BCUT2D eigenvalue weighted by molar-refractivity contribution is 6.61. The Morgan fingerprint density at radius 1 is 1.21 bits per heavy atom. The molecule has 1 aliphatic heterocycles. The molecule has 1 fully saturated rings. The lowest BCUT2D eigenvalue weighted by Gasteiger charge is -2.32. The number of hydrogen-bond donors (Lipinski definition) is 1. The summed E-state index contributed by atoms with van der Waals surface area (Å²) in [6.07, 6.45) is 0. The van der Waals surface area contributed by atoms with Gasteiger partial charge in [-0.3, -0.25) is 4.79 Å². The van der Waals surface area contributed by atoms with Gasteiger partial charge in [0.1, 0.15) is 5.59 Å². The Hall–Kier alpha value is -1.67. The van der Waals surface area contributed by atoms with Gasteiger partial charge in [-0.05, 0) is 32.6 Å². The number of nitro groups is 1. The van der Waals surface area contributed by atoms with E-state index in [1.54, 1.807) is 0 Å². The first-order valence-corrected chi connectivity index (χ1v) is 5.87. The van der Waals surface area contributed by atoms with Crippen LogP contribution in [-0.2, 0) is 9.31 Å². The van der Waals surface area contributed by atoms with Crippen molar-refractivity contribution in [3.8, 4) is 0 Å². The van der Waals surface area contributed by atoms with Crippen LogP contribution in [0.25, 0.3) is 0 Å². The number of nitrogens with zero attached hydrogens (tertiary/aromatic N) is 1. The van der Waals surface area contributed by atoms with Crippen LogP contribution in [0.1, 0.15) is 27.7 Å². The van der Waals surface area contributed by atoms with E-state index in [2.05, 4.69) is 4.98 Å². The Kier molecular flexibility index (Phi) is 3.02. The second-order valence-corrected chi connectivity index (χ2v) is 5.50. The standard InChI is InChI=1S/C11H15BN2O5/c1-10(2)11(3,4)19-12(18-10)8-5-7(15)6-9(13-8)14(16)17/h5-6H,1-4H3,(H,13,15). The van der Waals surface area contributed by atoms with Crippen LogP contribution in [0.5, 0.6) is 0 Å². The normalized spacial score (nSPS) is 20.5. The maximum absolute atomic E-state index is 11.5. The molecule has 0 aliphatic carbocycles. The molecule has 8 heteroatoms. The van der Waals surface area contributed by atoms with Crippen LogP contribution in [-0.4, -0.2) is 28.2 Å². The van der Waals surface area contributed by atoms with E-state index < -0.39 is 28.7 Å². The van der Waals surface area contributed by atoms with Gasteiger partial charge in [0.05, 0.1) is 17.3 Å². The van der Waals surface area contributed by atoms with Crippen molar-refractivity contribution in [2.24, 2.45) is 0 Å². The van der Waals surface area contributed by atoms with Crippen LogP contribution >= 0.6 is 0 Å². The minimum Gasteiger partial charge on any atom is -0.397 e. The maximum atomic E-state index is 11.5. The largest absolute Gasteiger partial charge is 0.537 e. The quantitative estimate of drug-likeness (QED) is 0.480. The van der Waals surface area contributed by atoms with E-state index in [9.17, 15) is 14.9 Å². The van der Waals surface area contributed by atoms with E-state index in [0.717, 1.165) is 6.07 Å². The molecule has 1 aromatic heterocycles. The summed E-state index contributed by atoms with van der Waals surface area (Å²) in [6.45, 7) is 7.45. The molecule has 1 aromatic rings. The molecule has 0 unspecified atom stereocenters. The third-order valence-corrected chi connectivity index (χ3v) is 3.55. The summed E-state index contributed by atoms with van der Waals surface area (Å²) in [7, 11) is -0.822. The Morgan fingerprint density at radius 2 is 1.74 bits per heavy atom. The smallest absolute Gasteiger partial charge is 0.397 e. The molecule has 0 radical (unpaired) electrons. The lowest BCUT2D eigenvalue weighted by molar-refractivity contribution is -0.389. The fourth-order valence-corrected chi connectivity index (χ4v) is 1.75. The zero-order valence-corrected chi connectivity index (χ0v) is 11.2. The number of aromatic amines is 1. The minimum atomic E-state index is -0.822. The lowest BCUT2D eigenvalue weighted by Crippen LogP contribution is -2.41. The molecule has 102 valence electrons. The van der Waals surface area contributed by atoms with Crippen LogP contribution < -0.4 is 11.0 Å². The van der Waals surface area contributed by atoms with Crippen LogP contribution in [0.15, 0.2) is 16.9 Å². The molecular formula is C11H15BN2O5. The third-order valence-electron chi connectivity index (χ3n) is 3.55. The Morgan fingerprint density at radius 3 is 2.21 bits per heavy atom. The lowest BCUT2D eigenvalue weighted by atomic mass is 9.84. The first-order valence-electron chi connectivity index (χ1n) is 5.87. The molecule has 1 aliphatic rings. The molecule has 0 amide bonds. The van der Waals surface area contributed by atoms with E-state index in [0.29, 0.717) is 0 Å². The predicted molar refractivity (Wildman–Crippen MR) is 69.4 cm³/mol. The molecule has 0 spiro atoms. The number of H-pyrrole nitrogens is 1. The maximum Gasteiger partial charge on any atom is 0.537 e. The van der Waals surface area contributed by atoms with Crippen LogP contribution in [0.2, 0.25) is 0 Å². The van der Waals surface area contributed by atoms with Gasteiger partial charge in [-0.2, -0.15) is 0 Å². The summed E-state index contributed by atoms with van der Waals surface area (Å²) >= 11 is 0. The van der Waals surface area contributed by atoms with Gasteiger partial charge in [-0.1, -0.05) is 0 Å². The predicted octanol–water partition coefficient (Wildman–Crippen LogP) is 0.582. The van der Waals surface area contributed by atoms with Gasteiger partial charge in [-0.15, -0.1) is 0 Å². The highest BCUT2D eigenvalue weighted by atomic mass is 16.7. The minimum absolute atomic E-state index is 0.248. The molecule has 0 atom stereocenters. The topological polar surface area (TPSA) is 94.5 Å². The van der Waals surface area contributed by atoms with Crippen molar-refractivity contribution < 1.29 is 14.2 Å². The summed E-state index contributed by atoms with van der Waals surface area (Å²) < 4.78 is 11.4. The number of hydrogen-bond acceptors (Lipinski definition) is 5. The molecular weight excluding hydrogens is 251 g/mol. The van der Waals surface area contributed by atoms with E-state index in [4.69, 9.17) is 9.31 Å². The van der Waals surface area contributed by atoms with Gasteiger partial charge >= 0.3 is 12.9 Å². The van der Waals surface area contributed by atoms with E-state index in [-0.39, 0.29) is 11.4 Å². The molecule has 0 saturated carbocycles. The molecule has 1 N–H and O–H groups in total. The van der Waals surface area contributed by atoms with Crippen molar-refractivity contribution >= 4 is 18.5 Å². The summed E-state index contributed by atoms with van der Waals surface area (Å²) in [4.78, 5) is 24.1. The molecule has 2 rings (SSSR count). The number of rotatable bonds is 2. The Balaban J connectivity index is 2.40. The van der Waals surface area contributed by atoms with Gasteiger partial charge in [0, 0.05) is 6.07 Å². The summed E-state index contributed by atoms with van der Waals surface area (Å²) in [5, 5.41) is 10.7. The summed E-state index contributed by atoms with van der Waals surface area (Å²) in [6, 6.07) is 2.17. The van der Waals surface area contributed by atoms with Gasteiger partial charge in [-0.25, -0.2) is 4.98 Å². The number of aromatic nitrogens is 1. The first-order chi connectivity index (χ1) is 8.62. The second-order valence-electron chi connectivity index (χ2n) is 5.50. The monoisotopic (exact) mass is 266 g/mol. The molecule has 19 heavy (non-hydrogen) atoms. The highest BCUT2D eigenvalue weighted by Crippen LogP contribution is 2.36. The van der Waals surface area contributed by atoms with Crippen molar-refractivity contribution in [3.05, 3.63) is 32.5 Å². The Labute approximate surface area is 110 Å². The molecule has 7 nitrogen and oxygen atoms in total. The van der Waals surface area contributed by atoms with Gasteiger partial charge in [0.25, 0.3) is 0 Å². The van der Waals surface area contributed by atoms with E-state index in [1.807, 2.05) is 27.7 Å². The van der Waals surface area contributed by atoms with Gasteiger partial charge < -0.3 is 19.4 Å². The highest BCUT2D eigenvalue weighted by Gasteiger charge is 2.53. The van der Waals surface area contributed by atoms with E-state index in [1.165, 1.54) is 6.07 Å². The SMILES string of the molecule is CC1(C)OB(c2cc(=O)cc([N+](=O)[O-])[nH]2)OC1(C)C. The number of nitrogens with one attached hydrogen (secondary N) is 1. The average molecular weight is 266 g/mol. The van der Waals surface area contributed by atoms with Gasteiger partial charge in [0.15, 0.2) is 5.43 Å². The first kappa shape index (κ1) is 13.8. The van der Waals surface area contributed by atoms with Gasteiger partial charge in [0.2, 0.25) is 0 Å². The van der Waals surface area contributed by atoms with Crippen molar-refractivity contribution in [1.82, 2.24) is 4.98 Å². The second kappa shape index (κ2) is 4.17. The fourth-order valence-electron chi connectivity index (χ4n) is 1.75. The molecule has 2 heterocycles. The average Bonchev–Trinajstić information content (AvgIpc) is 2.47. The summed E-state index contributed by atoms with van der Waals surface area (Å²) in [5.41, 5.74) is -1.36. The fraction of sp³-hybridized carbons (Fsp3) is 0.545. The van der Waals surface area contributed by atoms with Crippen LogP contribution in [0, 0.1) is 10.1 Å². The Bertz CT molecular complexity index is 565.